The van der Waals surface area contributed by atoms with Crippen LogP contribution in [0.25, 0.3) is 0 Å². The Hall–Kier alpha value is 6.82. The van der Waals surface area contributed by atoms with Crippen molar-refractivity contribution in [3.8, 4) is 0 Å². The van der Waals surface area contributed by atoms with Crippen LogP contribution in [-0.4, -0.2) is 24.5 Å². The molecule has 0 N–H and O–H groups in total. The normalized spacial score (nSPS) is 7.00. The van der Waals surface area contributed by atoms with E-state index in [2.05, 4.69) is 64.4 Å². The van der Waals surface area contributed by atoms with Gasteiger partial charge in [-0.3, -0.25) is 0 Å². The average molecular weight is 499 g/mol. The quantitative estimate of drug-likeness (QED) is 0.274. The van der Waals surface area contributed by atoms with Crippen LogP contribution in [0.15, 0.2) is 0 Å². The molecule has 0 saturated heterocycles. The van der Waals surface area contributed by atoms with Crippen LogP contribution in [0.4, 0.5) is 0 Å². The summed E-state index contributed by atoms with van der Waals surface area (Å²) in [5.74, 6) is 1.13. The molecule has 0 aliphatic carbocycles. The van der Waals surface area contributed by atoms with Gasteiger partial charge in [-0.05, 0) is 0 Å². The third-order valence-electron chi connectivity index (χ3n) is 0.644. The van der Waals surface area contributed by atoms with Crippen molar-refractivity contribution in [3.63, 3.8) is 0 Å². The van der Waals surface area contributed by atoms with Gasteiger partial charge in [0.05, 0.1) is 0 Å². The Bertz CT molecular complexity index is 41.1. The molecule has 0 aromatic carbocycles. The van der Waals surface area contributed by atoms with Crippen LogP contribution in [0.3, 0.4) is 0 Å². The summed E-state index contributed by atoms with van der Waals surface area (Å²) in [6, 6.07) is 0. The minimum absolute atomic E-state index is 0. The summed E-state index contributed by atoms with van der Waals surface area (Å²) in [6.45, 7) is 7.34. The van der Waals surface area contributed by atoms with E-state index in [-0.39, 0.29) is 175 Å². The molecule has 7 heteroatoms. The second-order valence-corrected chi connectivity index (χ2v) is 1.65. The van der Waals surface area contributed by atoms with E-state index in [0.29, 0.717) is 5.92 Å². The number of rotatable bonds is 2. The molecule has 0 heterocycles. The van der Waals surface area contributed by atoms with Crippen LogP contribution < -0.4 is 175 Å². The van der Waals surface area contributed by atoms with Gasteiger partial charge in [0.25, 0.3) is 0 Å². The Morgan fingerprint density at radius 2 is 1.07 bits per heavy atom. The Labute approximate surface area is 267 Å². The molecule has 0 aliphatic rings. The smallest absolute Gasteiger partial charge is 0.796 e. The van der Waals surface area contributed by atoms with Gasteiger partial charge in [0.1, 0.15) is 0 Å². The monoisotopic (exact) mass is 497 g/mol. The summed E-state index contributed by atoms with van der Waals surface area (Å²) < 4.78 is 0. The van der Waals surface area contributed by atoms with Crippen molar-refractivity contribution in [2.45, 2.75) is 6.42 Å². The third-order valence-corrected chi connectivity index (χ3v) is 1.12. The molecule has 0 aliphatic heterocycles. The molecule has 0 radical (unpaired) electrons. The Morgan fingerprint density at radius 3 is 1.07 bits per heavy atom. The molecule has 0 saturated carbocycles. The fourth-order valence-corrected chi connectivity index (χ4v) is 0.250. The largest absolute Gasteiger partial charge is 1.00 e. The topological polar surface area (TPSA) is 0 Å². The molecule has 0 aromatic rings. The van der Waals surface area contributed by atoms with E-state index in [1.165, 1.54) is 0 Å². The van der Waals surface area contributed by atoms with Crippen LogP contribution in [0.1, 0.15) is 6.42 Å². The van der Waals surface area contributed by atoms with Gasteiger partial charge in [-0.25, -0.2) is 18.1 Å². The van der Waals surface area contributed by atoms with E-state index < -0.39 is 0 Å². The molecule has 0 amide bonds. The molecule has 0 fully saturated rings. The van der Waals surface area contributed by atoms with Crippen molar-refractivity contribution in [2.24, 2.45) is 5.92 Å². The standard InChI is InChI=1S/C5H10S.3CH4S.3Rb/c1-3-5(2)4-6;3*1-2;;;/h5-6H,1-4H2;3*2H,1H3;;;/q-2;;;;3*+1/p-4. The predicted octanol–water partition coefficient (Wildman–Crippen LogP) is -7.29. The van der Waals surface area contributed by atoms with Crippen LogP contribution in [0.2, 0.25) is 0 Å². The summed E-state index contributed by atoms with van der Waals surface area (Å²) in [5, 5.41) is 0. The fraction of sp³-hybridized carbons (Fsp3) is 0.750. The van der Waals surface area contributed by atoms with Gasteiger partial charge in [0, 0.05) is 0 Å². The molecule has 1 unspecified atom stereocenters. The van der Waals surface area contributed by atoms with Crippen molar-refractivity contribution in [2.75, 3.05) is 24.5 Å². The maximum Gasteiger partial charge on any atom is 1.00 e. The van der Waals surface area contributed by atoms with E-state index in [4.69, 9.17) is 0 Å². The van der Waals surface area contributed by atoms with Gasteiger partial charge in [-0.15, -0.1) is 0 Å². The van der Waals surface area contributed by atoms with Crippen molar-refractivity contribution < 1.29 is 175 Å². The van der Waals surface area contributed by atoms with Gasteiger partial charge < -0.3 is 64.4 Å². The molecule has 0 rings (SSSR count). The molecule has 0 bridgehead atoms. The molecule has 1 atom stereocenters. The molecule has 15 heavy (non-hydrogen) atoms. The first kappa shape index (κ1) is 43.1. The first-order valence-electron chi connectivity index (χ1n) is 3.24. The minimum atomic E-state index is 0. The predicted molar refractivity (Wildman–Crippen MR) is 70.9 cm³/mol. The maximum atomic E-state index is 4.67. The summed E-state index contributed by atoms with van der Waals surface area (Å²) in [7, 11) is 0. The molecular formula is C8H18Rb3S4-3. The Balaban J connectivity index is -0.0000000126. The zero-order valence-electron chi connectivity index (χ0n) is 11.0. The number of hydrogen-bond donors (Lipinski definition) is 0. The Morgan fingerprint density at radius 1 is 0.867 bits per heavy atom. The zero-order valence-corrected chi connectivity index (χ0v) is 29.1. The van der Waals surface area contributed by atoms with Gasteiger partial charge >= 0.3 is 175 Å². The molecule has 0 aromatic heterocycles. The molecular weight excluding hydrogens is 481 g/mol. The summed E-state index contributed by atoms with van der Waals surface area (Å²) in [5.41, 5.74) is 0. The van der Waals surface area contributed by atoms with Crippen molar-refractivity contribution in [1.82, 2.24) is 0 Å². The zero-order chi connectivity index (χ0) is 11.0. The first-order chi connectivity index (χ1) is 5.81. The van der Waals surface area contributed by atoms with Gasteiger partial charge in [-0.1, -0.05) is 0 Å². The van der Waals surface area contributed by atoms with Gasteiger partial charge in [-0.2, -0.15) is 18.8 Å². The fourth-order valence-electron chi connectivity index (χ4n) is 0.0833. The molecule has 0 spiro atoms. The van der Waals surface area contributed by atoms with Gasteiger partial charge in [0.2, 0.25) is 0 Å². The SMILES string of the molecule is C[S-].C[S-].C[S-].[CH2-]CC([CH2-])C[S-].[Rb+].[Rb+].[Rb+]. The summed E-state index contributed by atoms with van der Waals surface area (Å²) in [6.07, 6.45) is 5.61. The first-order valence-corrected chi connectivity index (χ1v) is 6.27. The maximum absolute atomic E-state index is 4.67. The van der Waals surface area contributed by atoms with E-state index in [1.807, 2.05) is 0 Å². The van der Waals surface area contributed by atoms with Crippen LogP contribution >= 0.6 is 0 Å². The van der Waals surface area contributed by atoms with E-state index >= 15 is 0 Å². The van der Waals surface area contributed by atoms with Crippen LogP contribution in [-0.2, 0) is 50.5 Å². The minimum Gasteiger partial charge on any atom is -0.796 e. The third kappa shape index (κ3) is 63.0. The molecule has 0 nitrogen and oxygen atoms in total. The van der Waals surface area contributed by atoms with E-state index in [0.717, 1.165) is 12.2 Å². The average Bonchev–Trinajstić information content (AvgIpc) is 2.25. The van der Waals surface area contributed by atoms with Crippen molar-refractivity contribution >= 4 is 50.5 Å². The van der Waals surface area contributed by atoms with Gasteiger partial charge in [0.15, 0.2) is 0 Å². The number of hydrogen-bond acceptors (Lipinski definition) is 4. The molecule has 80 valence electrons. The second-order valence-electron chi connectivity index (χ2n) is 1.32. The van der Waals surface area contributed by atoms with Crippen LogP contribution in [0, 0.1) is 19.8 Å². The second kappa shape index (κ2) is 58.5. The van der Waals surface area contributed by atoms with E-state index in [9.17, 15) is 0 Å². The van der Waals surface area contributed by atoms with Crippen molar-refractivity contribution in [1.29, 1.82) is 0 Å². The summed E-state index contributed by atoms with van der Waals surface area (Å²) in [4.78, 5) is 0. The van der Waals surface area contributed by atoms with Crippen LogP contribution in [0.5, 0.6) is 0 Å². The van der Waals surface area contributed by atoms with Crippen molar-refractivity contribution in [3.05, 3.63) is 13.8 Å². The van der Waals surface area contributed by atoms with E-state index in [1.54, 1.807) is 18.8 Å². The summed E-state index contributed by atoms with van der Waals surface area (Å²) >= 11 is 16.9. The Kier molecular flexibility index (Phi) is 168.